The molecule has 6 nitrogen and oxygen atoms in total. The normalized spacial score (nSPS) is 14.7. The van der Waals surface area contributed by atoms with Crippen molar-refractivity contribution in [3.63, 3.8) is 0 Å². The SMILES string of the molecule is CCNP(=O)(OCC)c1ccc(-c2noc(C(F)(F)Cl)n2)cc1. The van der Waals surface area contributed by atoms with Crippen molar-refractivity contribution in [1.29, 1.82) is 0 Å². The van der Waals surface area contributed by atoms with E-state index < -0.39 is 18.8 Å². The van der Waals surface area contributed by atoms with E-state index >= 15 is 0 Å². The maximum Gasteiger partial charge on any atom is 0.400 e. The van der Waals surface area contributed by atoms with Crippen LogP contribution in [0.1, 0.15) is 19.7 Å². The lowest BCUT2D eigenvalue weighted by atomic mass is 10.2. The standard InChI is InChI=1S/C13H15ClF2N3O3P/c1-3-17-23(20,21-4-2)10-7-5-9(6-8-10)11-18-12(22-19-11)13(14,15)16/h5-8H,3-4H2,1-2H3,(H,17,20). The maximum atomic E-state index is 12.9. The number of rotatable bonds is 7. The van der Waals surface area contributed by atoms with Gasteiger partial charge in [0, 0.05) is 12.1 Å². The van der Waals surface area contributed by atoms with Gasteiger partial charge in [-0.2, -0.15) is 13.8 Å². The van der Waals surface area contributed by atoms with Crippen LogP contribution in [0.25, 0.3) is 11.4 Å². The van der Waals surface area contributed by atoms with Crippen LogP contribution in [0.2, 0.25) is 0 Å². The number of aromatic nitrogens is 2. The summed E-state index contributed by atoms with van der Waals surface area (Å²) in [5.41, 5.74) is 0.421. The highest BCUT2D eigenvalue weighted by atomic mass is 35.5. The molecular weight excluding hydrogens is 351 g/mol. The molecule has 23 heavy (non-hydrogen) atoms. The highest BCUT2D eigenvalue weighted by Crippen LogP contribution is 2.41. The second kappa shape index (κ2) is 7.05. The fourth-order valence-electron chi connectivity index (χ4n) is 1.86. The van der Waals surface area contributed by atoms with E-state index in [-0.39, 0.29) is 12.4 Å². The maximum absolute atomic E-state index is 12.9. The molecule has 0 saturated carbocycles. The van der Waals surface area contributed by atoms with Crippen LogP contribution >= 0.6 is 19.1 Å². The molecule has 1 N–H and O–H groups in total. The molecule has 0 aliphatic carbocycles. The largest absolute Gasteiger partial charge is 0.400 e. The molecule has 0 saturated heterocycles. The topological polar surface area (TPSA) is 77.2 Å². The van der Waals surface area contributed by atoms with Crippen LogP contribution < -0.4 is 10.4 Å². The fourth-order valence-corrected chi connectivity index (χ4v) is 3.69. The molecule has 0 fully saturated rings. The highest BCUT2D eigenvalue weighted by Gasteiger charge is 2.35. The van der Waals surface area contributed by atoms with Crippen LogP contribution in [0.5, 0.6) is 0 Å². The third-order valence-electron chi connectivity index (χ3n) is 2.81. The van der Waals surface area contributed by atoms with Gasteiger partial charge in [-0.15, -0.1) is 0 Å². The van der Waals surface area contributed by atoms with Gasteiger partial charge in [-0.05, 0) is 30.7 Å². The first kappa shape index (κ1) is 18.0. The summed E-state index contributed by atoms with van der Waals surface area (Å²) in [6.07, 6.45) is 0. The first-order valence-corrected chi connectivity index (χ1v) is 8.82. The van der Waals surface area contributed by atoms with Crippen molar-refractivity contribution in [1.82, 2.24) is 15.2 Å². The first-order chi connectivity index (χ1) is 10.8. The Bertz CT molecular complexity index is 693. The molecule has 0 aliphatic heterocycles. The van der Waals surface area contributed by atoms with Gasteiger partial charge in [0.15, 0.2) is 0 Å². The van der Waals surface area contributed by atoms with Crippen molar-refractivity contribution in [3.8, 4) is 11.4 Å². The number of hydrogen-bond acceptors (Lipinski definition) is 5. The van der Waals surface area contributed by atoms with Gasteiger partial charge >= 0.3 is 11.3 Å². The smallest absolute Gasteiger partial charge is 0.331 e. The van der Waals surface area contributed by atoms with Gasteiger partial charge in [-0.1, -0.05) is 24.2 Å². The molecule has 1 aromatic heterocycles. The van der Waals surface area contributed by atoms with Crippen LogP contribution in [0.4, 0.5) is 8.78 Å². The summed E-state index contributed by atoms with van der Waals surface area (Å²) in [5, 5.41) is 3.01. The molecule has 1 aromatic carbocycles. The van der Waals surface area contributed by atoms with Crippen molar-refractivity contribution in [3.05, 3.63) is 30.2 Å². The molecule has 2 rings (SSSR count). The van der Waals surface area contributed by atoms with E-state index in [0.717, 1.165) is 0 Å². The zero-order chi connectivity index (χ0) is 17.1. The van der Waals surface area contributed by atoms with Gasteiger partial charge in [0.05, 0.1) is 11.9 Å². The van der Waals surface area contributed by atoms with Gasteiger partial charge in [-0.25, -0.2) is 5.09 Å². The number of halogens is 3. The molecule has 0 aliphatic rings. The number of benzene rings is 1. The van der Waals surface area contributed by atoms with Gasteiger partial charge in [0.25, 0.3) is 7.52 Å². The first-order valence-electron chi connectivity index (χ1n) is 6.81. The molecule has 10 heteroatoms. The van der Waals surface area contributed by atoms with Gasteiger partial charge in [-0.3, -0.25) is 4.57 Å². The molecule has 0 spiro atoms. The van der Waals surface area contributed by atoms with E-state index in [1.807, 2.05) is 6.92 Å². The van der Waals surface area contributed by atoms with E-state index in [1.54, 1.807) is 31.2 Å². The lowest BCUT2D eigenvalue weighted by Crippen LogP contribution is -2.21. The third kappa shape index (κ3) is 4.14. The minimum absolute atomic E-state index is 0.0402. The average Bonchev–Trinajstić information content (AvgIpc) is 2.98. The zero-order valence-electron chi connectivity index (χ0n) is 12.4. The van der Waals surface area contributed by atoms with Crippen molar-refractivity contribution in [2.45, 2.75) is 19.2 Å². The Kier molecular flexibility index (Phi) is 5.52. The van der Waals surface area contributed by atoms with E-state index in [0.29, 0.717) is 17.4 Å². The van der Waals surface area contributed by atoms with Crippen LogP contribution in [0, 0.1) is 0 Å². The Labute approximate surface area is 136 Å². The van der Waals surface area contributed by atoms with E-state index in [1.165, 1.54) is 0 Å². The number of hydrogen-bond donors (Lipinski definition) is 1. The summed E-state index contributed by atoms with van der Waals surface area (Å²) in [6.45, 7) is 4.31. The predicted molar refractivity (Wildman–Crippen MR) is 82.0 cm³/mol. The predicted octanol–water partition coefficient (Wildman–Crippen LogP) is 3.49. The fraction of sp³-hybridized carbons (Fsp3) is 0.385. The minimum atomic E-state index is -3.72. The molecule has 1 unspecified atom stereocenters. The molecule has 0 bridgehead atoms. The Morgan fingerprint density at radius 2 is 2.00 bits per heavy atom. The molecule has 2 aromatic rings. The van der Waals surface area contributed by atoms with E-state index in [4.69, 9.17) is 16.1 Å². The summed E-state index contributed by atoms with van der Waals surface area (Å²) in [7, 11) is -3.16. The average molecular weight is 366 g/mol. The van der Waals surface area contributed by atoms with E-state index in [2.05, 4.69) is 19.8 Å². The Balaban J connectivity index is 2.28. The van der Waals surface area contributed by atoms with Gasteiger partial charge < -0.3 is 9.05 Å². The Hall–Kier alpha value is -1.34. The second-order valence-electron chi connectivity index (χ2n) is 4.45. The van der Waals surface area contributed by atoms with E-state index in [9.17, 15) is 13.3 Å². The molecule has 0 amide bonds. The second-order valence-corrected chi connectivity index (χ2v) is 7.12. The molecule has 0 radical (unpaired) electrons. The molecular formula is C13H15ClF2N3O3P. The summed E-state index contributed by atoms with van der Waals surface area (Å²) in [6, 6.07) is 6.20. The summed E-state index contributed by atoms with van der Waals surface area (Å²) < 4.78 is 48.2. The van der Waals surface area contributed by atoms with Crippen molar-refractivity contribution >= 4 is 24.4 Å². The molecule has 1 atom stereocenters. The Morgan fingerprint density at radius 3 is 2.48 bits per heavy atom. The molecule has 1 heterocycles. The van der Waals surface area contributed by atoms with Crippen LogP contribution in [-0.4, -0.2) is 23.3 Å². The molecule has 126 valence electrons. The highest BCUT2D eigenvalue weighted by molar-refractivity contribution is 7.65. The van der Waals surface area contributed by atoms with Gasteiger partial charge in [0.2, 0.25) is 5.82 Å². The van der Waals surface area contributed by atoms with Crippen LogP contribution in [0.15, 0.2) is 28.8 Å². The summed E-state index contributed by atoms with van der Waals surface area (Å²) in [5.74, 6) is -1.02. The van der Waals surface area contributed by atoms with Crippen LogP contribution in [0.3, 0.4) is 0 Å². The third-order valence-corrected chi connectivity index (χ3v) is 5.31. The lowest BCUT2D eigenvalue weighted by Gasteiger charge is -2.18. The number of alkyl halides is 3. The quantitative estimate of drug-likeness (QED) is 0.598. The minimum Gasteiger partial charge on any atom is -0.331 e. The van der Waals surface area contributed by atoms with Crippen molar-refractivity contribution in [2.75, 3.05) is 13.2 Å². The van der Waals surface area contributed by atoms with Crippen LogP contribution in [-0.2, 0) is 14.5 Å². The summed E-state index contributed by atoms with van der Waals surface area (Å²) in [4.78, 5) is 3.54. The number of nitrogens with zero attached hydrogens (tertiary/aromatic N) is 2. The number of nitrogens with one attached hydrogen (secondary N) is 1. The summed E-state index contributed by atoms with van der Waals surface area (Å²) >= 11 is 4.82. The van der Waals surface area contributed by atoms with Crippen molar-refractivity contribution < 1.29 is 22.4 Å². The zero-order valence-corrected chi connectivity index (χ0v) is 14.1. The van der Waals surface area contributed by atoms with Crippen molar-refractivity contribution in [2.24, 2.45) is 0 Å². The Morgan fingerprint density at radius 1 is 1.35 bits per heavy atom. The van der Waals surface area contributed by atoms with Gasteiger partial charge in [0.1, 0.15) is 0 Å². The monoisotopic (exact) mass is 365 g/mol. The lowest BCUT2D eigenvalue weighted by molar-refractivity contribution is 0.0551.